The number of nitrogens with one attached hydrogen (secondary N) is 1. The molecule has 0 aromatic heterocycles. The molecule has 0 spiro atoms. The van der Waals surface area contributed by atoms with E-state index in [0.717, 1.165) is 0 Å². The summed E-state index contributed by atoms with van der Waals surface area (Å²) in [5, 5.41) is 13.4. The molecule has 2 rings (SSSR count). The van der Waals surface area contributed by atoms with Gasteiger partial charge >= 0.3 is 0 Å². The van der Waals surface area contributed by atoms with E-state index >= 15 is 0 Å². The molecule has 1 amide bonds. The van der Waals surface area contributed by atoms with Crippen molar-refractivity contribution >= 4 is 17.3 Å². The Labute approximate surface area is 145 Å². The van der Waals surface area contributed by atoms with Crippen LogP contribution in [0.25, 0.3) is 0 Å². The lowest BCUT2D eigenvalue weighted by Gasteiger charge is -2.11. The molecule has 0 atom stereocenters. The van der Waals surface area contributed by atoms with Crippen molar-refractivity contribution in [2.45, 2.75) is 13.8 Å². The first-order chi connectivity index (χ1) is 12.0. The predicted molar refractivity (Wildman–Crippen MR) is 94.0 cm³/mol. The minimum absolute atomic E-state index is 0.134. The molecule has 2 aromatic rings. The fourth-order valence-corrected chi connectivity index (χ4v) is 1.99. The lowest BCUT2D eigenvalue weighted by molar-refractivity contribution is -0.383. The van der Waals surface area contributed by atoms with Crippen LogP contribution in [-0.2, 0) is 4.79 Å². The average molecular weight is 344 g/mol. The summed E-state index contributed by atoms with van der Waals surface area (Å²) in [4.78, 5) is 22.4. The van der Waals surface area contributed by atoms with Crippen molar-refractivity contribution in [3.05, 3.63) is 58.6 Å². The summed E-state index contributed by atoms with van der Waals surface area (Å²) in [5.74, 6) is 1.06. The lowest BCUT2D eigenvalue weighted by atomic mass is 10.2. The third-order valence-corrected chi connectivity index (χ3v) is 3.13. The van der Waals surface area contributed by atoms with Gasteiger partial charge in [-0.15, -0.1) is 0 Å². The minimum Gasteiger partial charge on any atom is -0.493 e. The van der Waals surface area contributed by atoms with Gasteiger partial charge in [-0.2, -0.15) is 0 Å². The van der Waals surface area contributed by atoms with Gasteiger partial charge in [-0.1, -0.05) is 32.0 Å². The Morgan fingerprint density at radius 1 is 1.12 bits per heavy atom. The van der Waals surface area contributed by atoms with Gasteiger partial charge in [0.2, 0.25) is 0 Å². The Hall–Kier alpha value is -3.09. The van der Waals surface area contributed by atoms with Crippen molar-refractivity contribution in [1.29, 1.82) is 0 Å². The maximum absolute atomic E-state index is 12.0. The highest BCUT2D eigenvalue weighted by Crippen LogP contribution is 2.23. The van der Waals surface area contributed by atoms with Crippen LogP contribution in [-0.4, -0.2) is 24.0 Å². The number of para-hydroxylation sites is 2. The molecule has 0 aliphatic rings. The van der Waals surface area contributed by atoms with Crippen molar-refractivity contribution in [1.82, 2.24) is 0 Å². The van der Waals surface area contributed by atoms with E-state index in [2.05, 4.69) is 5.32 Å². The van der Waals surface area contributed by atoms with E-state index < -0.39 is 10.8 Å². The first kappa shape index (κ1) is 18.3. The molecule has 0 radical (unpaired) electrons. The fraction of sp³-hybridized carbons (Fsp3) is 0.278. The molecule has 132 valence electrons. The van der Waals surface area contributed by atoms with Crippen LogP contribution in [0.4, 0.5) is 11.4 Å². The van der Waals surface area contributed by atoms with E-state index in [1.807, 2.05) is 19.9 Å². The summed E-state index contributed by atoms with van der Waals surface area (Å²) in [6.45, 7) is 4.42. The molecule has 7 heteroatoms. The lowest BCUT2D eigenvalue weighted by Crippen LogP contribution is -2.20. The summed E-state index contributed by atoms with van der Waals surface area (Å²) < 4.78 is 11.0. The van der Waals surface area contributed by atoms with Gasteiger partial charge in [-0.05, 0) is 24.1 Å². The average Bonchev–Trinajstić information content (AvgIpc) is 2.59. The van der Waals surface area contributed by atoms with Crippen LogP contribution in [0.2, 0.25) is 0 Å². The monoisotopic (exact) mass is 344 g/mol. The number of ether oxygens (including phenoxy) is 2. The zero-order chi connectivity index (χ0) is 18.2. The van der Waals surface area contributed by atoms with E-state index in [0.29, 0.717) is 24.0 Å². The number of rotatable bonds is 8. The molecule has 0 unspecified atom stereocenters. The summed E-state index contributed by atoms with van der Waals surface area (Å²) in [5.41, 5.74) is -0.0324. The second kappa shape index (κ2) is 8.68. The maximum Gasteiger partial charge on any atom is 0.292 e. The number of amides is 1. The van der Waals surface area contributed by atoms with Crippen molar-refractivity contribution in [3.63, 3.8) is 0 Å². The summed E-state index contributed by atoms with van der Waals surface area (Å²) in [6, 6.07) is 12.9. The Morgan fingerprint density at radius 3 is 2.48 bits per heavy atom. The Kier molecular flexibility index (Phi) is 6.33. The SMILES string of the molecule is CC(C)COc1cccc(OCC(=O)Nc2ccccc2[N+](=O)[O-])c1. The second-order valence-electron chi connectivity index (χ2n) is 5.79. The summed E-state index contributed by atoms with van der Waals surface area (Å²) >= 11 is 0. The molecule has 0 aliphatic carbocycles. The molecule has 7 nitrogen and oxygen atoms in total. The molecule has 1 N–H and O–H groups in total. The van der Waals surface area contributed by atoms with E-state index in [-0.39, 0.29) is 18.0 Å². The van der Waals surface area contributed by atoms with Gasteiger partial charge in [0, 0.05) is 12.1 Å². The van der Waals surface area contributed by atoms with Crippen LogP contribution in [0, 0.1) is 16.0 Å². The number of nitro groups is 1. The molecule has 0 saturated carbocycles. The van der Waals surface area contributed by atoms with Crippen LogP contribution < -0.4 is 14.8 Å². The standard InChI is InChI=1S/C18H20N2O5/c1-13(2)11-24-14-6-5-7-15(10-14)25-12-18(21)19-16-8-3-4-9-17(16)20(22)23/h3-10,13H,11-12H2,1-2H3,(H,19,21). The largest absolute Gasteiger partial charge is 0.493 e. The minimum atomic E-state index is -0.550. The molecular weight excluding hydrogens is 324 g/mol. The molecule has 0 bridgehead atoms. The van der Waals surface area contributed by atoms with E-state index in [9.17, 15) is 14.9 Å². The number of hydrogen-bond donors (Lipinski definition) is 1. The van der Waals surface area contributed by atoms with Gasteiger partial charge in [-0.3, -0.25) is 14.9 Å². The topological polar surface area (TPSA) is 90.7 Å². The maximum atomic E-state index is 12.0. The molecular formula is C18H20N2O5. The molecule has 0 heterocycles. The van der Waals surface area contributed by atoms with Gasteiger partial charge in [-0.25, -0.2) is 0 Å². The number of benzene rings is 2. The molecule has 2 aromatic carbocycles. The van der Waals surface area contributed by atoms with E-state index in [1.54, 1.807) is 24.3 Å². The molecule has 25 heavy (non-hydrogen) atoms. The summed E-state index contributed by atoms with van der Waals surface area (Å²) in [6.07, 6.45) is 0. The van der Waals surface area contributed by atoms with Crippen molar-refractivity contribution in [3.8, 4) is 11.5 Å². The first-order valence-corrected chi connectivity index (χ1v) is 7.84. The number of carbonyl (C=O) groups is 1. The number of nitrogens with zero attached hydrogens (tertiary/aromatic N) is 1. The van der Waals surface area contributed by atoms with Crippen LogP contribution >= 0.6 is 0 Å². The molecule has 0 aliphatic heterocycles. The number of anilines is 1. The Morgan fingerprint density at radius 2 is 1.80 bits per heavy atom. The van der Waals surface area contributed by atoms with Crippen LogP contribution in [0.15, 0.2) is 48.5 Å². The Bertz CT molecular complexity index is 746. The quantitative estimate of drug-likeness (QED) is 0.583. The highest BCUT2D eigenvalue weighted by atomic mass is 16.6. The number of hydrogen-bond acceptors (Lipinski definition) is 5. The fourth-order valence-electron chi connectivity index (χ4n) is 1.99. The van der Waals surface area contributed by atoms with E-state index in [4.69, 9.17) is 9.47 Å². The van der Waals surface area contributed by atoms with Crippen LogP contribution in [0.1, 0.15) is 13.8 Å². The zero-order valence-corrected chi connectivity index (χ0v) is 14.1. The normalized spacial score (nSPS) is 10.4. The van der Waals surface area contributed by atoms with Gasteiger partial charge in [0.15, 0.2) is 6.61 Å². The van der Waals surface area contributed by atoms with Crippen LogP contribution in [0.3, 0.4) is 0 Å². The third kappa shape index (κ3) is 5.80. The number of carbonyl (C=O) groups excluding carboxylic acids is 1. The highest BCUT2D eigenvalue weighted by molar-refractivity contribution is 5.94. The van der Waals surface area contributed by atoms with Gasteiger partial charge in [0.05, 0.1) is 11.5 Å². The van der Waals surface area contributed by atoms with E-state index in [1.165, 1.54) is 18.2 Å². The predicted octanol–water partition coefficient (Wildman–Crippen LogP) is 3.65. The van der Waals surface area contributed by atoms with Crippen molar-refractivity contribution in [2.24, 2.45) is 5.92 Å². The zero-order valence-electron chi connectivity index (χ0n) is 14.1. The Balaban J connectivity index is 1.92. The van der Waals surface area contributed by atoms with Crippen molar-refractivity contribution < 1.29 is 19.2 Å². The highest BCUT2D eigenvalue weighted by Gasteiger charge is 2.15. The van der Waals surface area contributed by atoms with Gasteiger partial charge in [0.1, 0.15) is 17.2 Å². The van der Waals surface area contributed by atoms with Gasteiger partial charge in [0.25, 0.3) is 11.6 Å². The number of nitro benzene ring substituents is 1. The van der Waals surface area contributed by atoms with Crippen LogP contribution in [0.5, 0.6) is 11.5 Å². The second-order valence-corrected chi connectivity index (χ2v) is 5.79. The molecule has 0 saturated heterocycles. The smallest absolute Gasteiger partial charge is 0.292 e. The summed E-state index contributed by atoms with van der Waals surface area (Å²) in [7, 11) is 0. The third-order valence-electron chi connectivity index (χ3n) is 3.13. The molecule has 0 fully saturated rings. The van der Waals surface area contributed by atoms with Crippen molar-refractivity contribution in [2.75, 3.05) is 18.5 Å². The first-order valence-electron chi connectivity index (χ1n) is 7.84. The van der Waals surface area contributed by atoms with Gasteiger partial charge < -0.3 is 14.8 Å².